The summed E-state index contributed by atoms with van der Waals surface area (Å²) in [6.07, 6.45) is -0.516. The zero-order valence-corrected chi connectivity index (χ0v) is 16.3. The topological polar surface area (TPSA) is 38.0 Å². The van der Waals surface area contributed by atoms with Crippen LogP contribution in [0.1, 0.15) is 6.92 Å². The van der Waals surface area contributed by atoms with E-state index in [-0.39, 0.29) is 0 Å². The number of hydrogen-bond donors (Lipinski definition) is 1. The summed E-state index contributed by atoms with van der Waals surface area (Å²) < 4.78 is 2.09. The van der Waals surface area contributed by atoms with E-state index in [1.165, 1.54) is 0 Å². The summed E-state index contributed by atoms with van der Waals surface area (Å²) in [5.41, 5.74) is 4.90. The van der Waals surface area contributed by atoms with Gasteiger partial charge in [-0.3, -0.25) is 0 Å². The Kier molecular flexibility index (Phi) is 5.29. The maximum Gasteiger partial charge on any atom is 0.141 e. The minimum atomic E-state index is -0.516. The monoisotopic (exact) mass is 388 g/mol. The van der Waals surface area contributed by atoms with Gasteiger partial charge in [0.25, 0.3) is 0 Å². The highest BCUT2D eigenvalue weighted by atomic mass is 35.5. The molecular weight excluding hydrogens is 368 g/mol. The molecule has 0 saturated heterocycles. The number of rotatable bonds is 5. The molecule has 28 heavy (non-hydrogen) atoms. The summed E-state index contributed by atoms with van der Waals surface area (Å²) in [7, 11) is 0. The van der Waals surface area contributed by atoms with Gasteiger partial charge in [-0.05, 0) is 19.1 Å². The molecule has 0 radical (unpaired) electrons. The van der Waals surface area contributed by atoms with Crippen LogP contribution in [0, 0.1) is 0 Å². The van der Waals surface area contributed by atoms with E-state index >= 15 is 0 Å². The van der Waals surface area contributed by atoms with Crippen molar-refractivity contribution < 1.29 is 5.11 Å². The average molecular weight is 389 g/mol. The van der Waals surface area contributed by atoms with E-state index < -0.39 is 6.10 Å². The van der Waals surface area contributed by atoms with Crippen molar-refractivity contribution in [2.24, 2.45) is 0 Å². The van der Waals surface area contributed by atoms with Gasteiger partial charge in [0.05, 0.1) is 24.0 Å². The number of aliphatic hydroxyl groups excluding tert-OH is 1. The quantitative estimate of drug-likeness (QED) is 0.461. The van der Waals surface area contributed by atoms with Crippen molar-refractivity contribution >= 4 is 11.6 Å². The lowest BCUT2D eigenvalue weighted by molar-refractivity contribution is 0.174. The lowest BCUT2D eigenvalue weighted by Crippen LogP contribution is -2.14. The molecule has 0 aliphatic rings. The fourth-order valence-electron chi connectivity index (χ4n) is 3.43. The minimum Gasteiger partial charge on any atom is -0.392 e. The lowest BCUT2D eigenvalue weighted by Gasteiger charge is -2.15. The molecule has 3 nitrogen and oxygen atoms in total. The van der Waals surface area contributed by atoms with Crippen molar-refractivity contribution in [3.8, 4) is 33.9 Å². The fourth-order valence-corrected chi connectivity index (χ4v) is 3.62. The Balaban J connectivity index is 2.03. The second-order valence-corrected chi connectivity index (χ2v) is 7.27. The molecule has 3 aromatic carbocycles. The number of nitrogens with zero attached hydrogens (tertiary/aromatic N) is 2. The molecule has 0 saturated carbocycles. The Morgan fingerprint density at radius 2 is 1.46 bits per heavy atom. The van der Waals surface area contributed by atoms with Crippen molar-refractivity contribution in [3.05, 3.63) is 90.0 Å². The minimum absolute atomic E-state index is 0.436. The highest BCUT2D eigenvalue weighted by Crippen LogP contribution is 2.36. The summed E-state index contributed by atoms with van der Waals surface area (Å²) in [5, 5.41) is 10.9. The molecule has 0 spiro atoms. The molecule has 4 aromatic rings. The average Bonchev–Trinajstić information content (AvgIpc) is 3.08. The van der Waals surface area contributed by atoms with Gasteiger partial charge < -0.3 is 9.67 Å². The van der Waals surface area contributed by atoms with Crippen molar-refractivity contribution in [1.29, 1.82) is 0 Å². The first-order valence-corrected chi connectivity index (χ1v) is 9.66. The van der Waals surface area contributed by atoms with Crippen LogP contribution in [0.3, 0.4) is 0 Å². The van der Waals surface area contributed by atoms with Crippen LogP contribution >= 0.6 is 11.6 Å². The first-order chi connectivity index (χ1) is 13.6. The predicted octanol–water partition coefficient (Wildman–Crippen LogP) is 5.92. The highest BCUT2D eigenvalue weighted by molar-refractivity contribution is 6.30. The molecule has 1 heterocycles. The van der Waals surface area contributed by atoms with E-state index in [1.807, 2.05) is 60.7 Å². The predicted molar refractivity (Wildman–Crippen MR) is 115 cm³/mol. The van der Waals surface area contributed by atoms with Gasteiger partial charge in [-0.15, -0.1) is 0 Å². The second-order valence-electron chi connectivity index (χ2n) is 6.83. The Morgan fingerprint density at radius 1 is 0.857 bits per heavy atom. The Bertz CT molecular complexity index is 1070. The van der Waals surface area contributed by atoms with Crippen molar-refractivity contribution in [2.75, 3.05) is 0 Å². The third-order valence-corrected chi connectivity index (χ3v) is 4.83. The number of benzene rings is 3. The number of halogens is 1. The molecule has 4 heteroatoms. The third-order valence-electron chi connectivity index (χ3n) is 4.59. The van der Waals surface area contributed by atoms with Gasteiger partial charge in [-0.25, -0.2) is 4.98 Å². The van der Waals surface area contributed by atoms with Crippen molar-refractivity contribution in [1.82, 2.24) is 9.55 Å². The van der Waals surface area contributed by atoms with E-state index in [0.717, 1.165) is 33.9 Å². The normalized spacial score (nSPS) is 12.1. The second kappa shape index (κ2) is 8.01. The summed E-state index contributed by atoms with van der Waals surface area (Å²) >= 11 is 6.25. The van der Waals surface area contributed by atoms with Gasteiger partial charge >= 0.3 is 0 Å². The van der Waals surface area contributed by atoms with Crippen LogP contribution in [0.25, 0.3) is 33.9 Å². The number of imidazole rings is 1. The molecular formula is C24H21ClN2O. The van der Waals surface area contributed by atoms with Crippen LogP contribution in [0.15, 0.2) is 84.9 Å². The van der Waals surface area contributed by atoms with Gasteiger partial charge in [0.2, 0.25) is 0 Å². The van der Waals surface area contributed by atoms with Crippen LogP contribution < -0.4 is 0 Å². The van der Waals surface area contributed by atoms with E-state index in [2.05, 4.69) is 28.8 Å². The fraction of sp³-hybridized carbons (Fsp3) is 0.125. The zero-order valence-electron chi connectivity index (χ0n) is 15.6. The first-order valence-electron chi connectivity index (χ1n) is 9.29. The first kappa shape index (κ1) is 18.5. The van der Waals surface area contributed by atoms with Crippen LogP contribution in [0.2, 0.25) is 5.02 Å². The van der Waals surface area contributed by atoms with E-state index in [0.29, 0.717) is 11.6 Å². The Hall–Kier alpha value is -2.88. The molecule has 1 N–H and O–H groups in total. The molecule has 140 valence electrons. The van der Waals surface area contributed by atoms with Gasteiger partial charge in [0, 0.05) is 21.7 Å². The van der Waals surface area contributed by atoms with Gasteiger partial charge in [-0.2, -0.15) is 0 Å². The smallest absolute Gasteiger partial charge is 0.141 e. The van der Waals surface area contributed by atoms with Crippen LogP contribution in [0.5, 0.6) is 0 Å². The summed E-state index contributed by atoms with van der Waals surface area (Å²) in [4.78, 5) is 5.01. The molecule has 0 aliphatic carbocycles. The highest BCUT2D eigenvalue weighted by Gasteiger charge is 2.21. The van der Waals surface area contributed by atoms with Crippen molar-refractivity contribution in [2.45, 2.75) is 19.6 Å². The lowest BCUT2D eigenvalue weighted by atomic mass is 10.0. The molecule has 0 amide bonds. The number of hydrogen-bond acceptors (Lipinski definition) is 2. The number of aromatic nitrogens is 2. The zero-order chi connectivity index (χ0) is 19.5. The van der Waals surface area contributed by atoms with Gasteiger partial charge in [0.1, 0.15) is 5.82 Å². The van der Waals surface area contributed by atoms with Crippen molar-refractivity contribution in [3.63, 3.8) is 0 Å². The maximum absolute atomic E-state index is 10.2. The SMILES string of the molecule is CC(O)Cn1c(-c2cccc(Cl)c2)nc(-c2ccccc2)c1-c1ccccc1. The van der Waals surface area contributed by atoms with E-state index in [4.69, 9.17) is 16.6 Å². The van der Waals surface area contributed by atoms with Gasteiger partial charge in [0.15, 0.2) is 0 Å². The van der Waals surface area contributed by atoms with Crippen LogP contribution in [-0.4, -0.2) is 20.8 Å². The molecule has 0 bridgehead atoms. The molecule has 0 aliphatic heterocycles. The Labute approximate surface area is 169 Å². The summed E-state index contributed by atoms with van der Waals surface area (Å²) in [5.74, 6) is 0.793. The summed E-state index contributed by atoms with van der Waals surface area (Å²) in [6.45, 7) is 2.23. The summed E-state index contributed by atoms with van der Waals surface area (Å²) in [6, 6.07) is 28.0. The van der Waals surface area contributed by atoms with Crippen LogP contribution in [-0.2, 0) is 6.54 Å². The van der Waals surface area contributed by atoms with Crippen LogP contribution in [0.4, 0.5) is 0 Å². The van der Waals surface area contributed by atoms with Gasteiger partial charge in [-0.1, -0.05) is 84.4 Å². The third kappa shape index (κ3) is 3.72. The molecule has 1 unspecified atom stereocenters. The molecule has 1 atom stereocenters. The van der Waals surface area contributed by atoms with E-state index in [1.54, 1.807) is 6.92 Å². The Morgan fingerprint density at radius 3 is 2.07 bits per heavy atom. The molecule has 4 rings (SSSR count). The maximum atomic E-state index is 10.2. The molecule has 0 fully saturated rings. The molecule has 1 aromatic heterocycles. The largest absolute Gasteiger partial charge is 0.392 e. The van der Waals surface area contributed by atoms with E-state index in [9.17, 15) is 5.11 Å². The standard InChI is InChI=1S/C24H21ClN2O/c1-17(28)16-27-23(19-11-6-3-7-12-19)22(18-9-4-2-5-10-18)26-24(27)20-13-8-14-21(25)15-20/h2-15,17,28H,16H2,1H3. The number of aliphatic hydroxyl groups is 1.